The summed E-state index contributed by atoms with van der Waals surface area (Å²) in [4.78, 5) is 3.57. The highest BCUT2D eigenvalue weighted by molar-refractivity contribution is 5.92. The number of aromatic nitrogens is 1. The normalized spacial score (nSPS) is 28.9. The van der Waals surface area contributed by atoms with Crippen LogP contribution in [0.1, 0.15) is 31.0 Å². The zero-order valence-corrected chi connectivity index (χ0v) is 11.2. The van der Waals surface area contributed by atoms with Crippen molar-refractivity contribution in [1.82, 2.24) is 4.98 Å². The first-order valence-corrected chi connectivity index (χ1v) is 6.86. The molecular weight excluding hydrogens is 234 g/mol. The highest BCUT2D eigenvalue weighted by Crippen LogP contribution is 2.41. The molecule has 0 amide bonds. The van der Waals surface area contributed by atoms with E-state index in [1.54, 1.807) is 0 Å². The van der Waals surface area contributed by atoms with Gasteiger partial charge in [0.1, 0.15) is 0 Å². The molecule has 2 aliphatic rings. The minimum absolute atomic E-state index is 0.181. The second-order valence-corrected chi connectivity index (χ2v) is 5.56. The molecule has 0 fully saturated rings. The van der Waals surface area contributed by atoms with Crippen molar-refractivity contribution in [3.63, 3.8) is 0 Å². The molecule has 0 radical (unpaired) electrons. The molecule has 2 nitrogen and oxygen atoms in total. The van der Waals surface area contributed by atoms with Crippen LogP contribution in [0.2, 0.25) is 0 Å². The number of benzene rings is 1. The van der Waals surface area contributed by atoms with E-state index in [1.165, 1.54) is 27.7 Å². The number of para-hydroxylation sites is 1. The van der Waals surface area contributed by atoms with Crippen molar-refractivity contribution < 1.29 is 4.74 Å². The Morgan fingerprint density at radius 3 is 2.89 bits per heavy atom. The molecular formula is C17H17NO. The van der Waals surface area contributed by atoms with Gasteiger partial charge in [-0.1, -0.05) is 36.4 Å². The molecule has 96 valence electrons. The average molecular weight is 251 g/mol. The van der Waals surface area contributed by atoms with E-state index in [2.05, 4.69) is 61.3 Å². The molecule has 0 bridgehead atoms. The van der Waals surface area contributed by atoms with E-state index < -0.39 is 0 Å². The maximum Gasteiger partial charge on any atom is 0.0911 e. The predicted octanol–water partition coefficient (Wildman–Crippen LogP) is 4.01. The first-order valence-electron chi connectivity index (χ1n) is 6.86. The number of ether oxygens (including phenoxy) is 1. The van der Waals surface area contributed by atoms with Crippen molar-refractivity contribution >= 4 is 17.0 Å². The standard InChI is InChI=1S/C17H17NO/c1-10-9-14-12-5-3-4-6-15(12)18-16(14)13-8-7-11(2)19-17(10)13/h3-9,11,13,17-18H,1-2H3. The lowest BCUT2D eigenvalue weighted by Crippen LogP contribution is -2.32. The molecule has 2 heterocycles. The van der Waals surface area contributed by atoms with Crippen LogP contribution in [-0.4, -0.2) is 17.2 Å². The van der Waals surface area contributed by atoms with Gasteiger partial charge in [-0.05, 0) is 25.5 Å². The molecule has 19 heavy (non-hydrogen) atoms. The maximum atomic E-state index is 6.08. The van der Waals surface area contributed by atoms with Gasteiger partial charge in [0.25, 0.3) is 0 Å². The van der Waals surface area contributed by atoms with E-state index in [0.717, 1.165) is 0 Å². The number of aromatic amines is 1. The Morgan fingerprint density at radius 2 is 2.00 bits per heavy atom. The van der Waals surface area contributed by atoms with Crippen molar-refractivity contribution in [1.29, 1.82) is 0 Å². The van der Waals surface area contributed by atoms with Gasteiger partial charge in [-0.15, -0.1) is 0 Å². The van der Waals surface area contributed by atoms with Crippen LogP contribution < -0.4 is 0 Å². The molecule has 2 heteroatoms. The van der Waals surface area contributed by atoms with Gasteiger partial charge in [-0.25, -0.2) is 0 Å². The van der Waals surface area contributed by atoms with Crippen LogP contribution in [0.25, 0.3) is 17.0 Å². The summed E-state index contributed by atoms with van der Waals surface area (Å²) >= 11 is 0. The Kier molecular flexibility index (Phi) is 2.24. The number of H-pyrrole nitrogens is 1. The van der Waals surface area contributed by atoms with Crippen LogP contribution in [0, 0.1) is 0 Å². The van der Waals surface area contributed by atoms with Gasteiger partial charge in [0.2, 0.25) is 0 Å². The first-order chi connectivity index (χ1) is 9.24. The molecule has 0 spiro atoms. The van der Waals surface area contributed by atoms with Crippen LogP contribution in [0.4, 0.5) is 0 Å². The van der Waals surface area contributed by atoms with Crippen molar-refractivity contribution in [2.45, 2.75) is 32.0 Å². The number of rotatable bonds is 0. The lowest BCUT2D eigenvalue weighted by atomic mass is 9.83. The van der Waals surface area contributed by atoms with E-state index >= 15 is 0 Å². The van der Waals surface area contributed by atoms with Gasteiger partial charge in [0, 0.05) is 28.1 Å². The van der Waals surface area contributed by atoms with Crippen LogP contribution in [0.3, 0.4) is 0 Å². The lowest BCUT2D eigenvalue weighted by Gasteiger charge is -2.34. The van der Waals surface area contributed by atoms with Crippen LogP contribution in [0.15, 0.2) is 42.0 Å². The van der Waals surface area contributed by atoms with Gasteiger partial charge in [-0.2, -0.15) is 0 Å². The Bertz CT molecular complexity index is 707. The van der Waals surface area contributed by atoms with E-state index in [1.807, 2.05) is 0 Å². The number of hydrogen-bond donors (Lipinski definition) is 1. The molecule has 2 aromatic rings. The van der Waals surface area contributed by atoms with Crippen LogP contribution in [-0.2, 0) is 4.74 Å². The molecule has 3 unspecified atom stereocenters. The zero-order valence-electron chi connectivity index (χ0n) is 11.2. The van der Waals surface area contributed by atoms with Crippen molar-refractivity contribution in [2.24, 2.45) is 0 Å². The van der Waals surface area contributed by atoms with E-state index in [4.69, 9.17) is 4.74 Å². The second-order valence-electron chi connectivity index (χ2n) is 5.56. The molecule has 0 saturated carbocycles. The molecule has 1 N–H and O–H groups in total. The fourth-order valence-electron chi connectivity index (χ4n) is 3.29. The number of nitrogens with one attached hydrogen (secondary N) is 1. The third kappa shape index (κ3) is 1.53. The molecule has 1 aliphatic carbocycles. The van der Waals surface area contributed by atoms with Crippen molar-refractivity contribution in [2.75, 3.05) is 0 Å². The van der Waals surface area contributed by atoms with E-state index in [9.17, 15) is 0 Å². The molecule has 1 aromatic carbocycles. The van der Waals surface area contributed by atoms with Crippen LogP contribution >= 0.6 is 0 Å². The first kappa shape index (κ1) is 11.1. The third-order valence-electron chi connectivity index (χ3n) is 4.21. The fraction of sp³-hybridized carbons (Fsp3) is 0.294. The fourth-order valence-corrected chi connectivity index (χ4v) is 3.29. The van der Waals surface area contributed by atoms with Crippen molar-refractivity contribution in [3.05, 3.63) is 53.2 Å². The summed E-state index contributed by atoms with van der Waals surface area (Å²) in [6.07, 6.45) is 7.12. The summed E-state index contributed by atoms with van der Waals surface area (Å²) in [6, 6.07) is 8.50. The number of hydrogen-bond acceptors (Lipinski definition) is 1. The van der Waals surface area contributed by atoms with E-state index in [-0.39, 0.29) is 12.2 Å². The molecule has 0 saturated heterocycles. The smallest absolute Gasteiger partial charge is 0.0911 e. The Balaban J connectivity index is 1.98. The molecule has 1 aliphatic heterocycles. The summed E-state index contributed by atoms with van der Waals surface area (Å²) in [6.45, 7) is 4.27. The van der Waals surface area contributed by atoms with Gasteiger partial charge in [0.05, 0.1) is 12.2 Å². The summed E-state index contributed by atoms with van der Waals surface area (Å²) < 4.78 is 6.08. The Hall–Kier alpha value is -1.80. The second kappa shape index (κ2) is 3.84. The summed E-state index contributed by atoms with van der Waals surface area (Å²) in [5.41, 5.74) is 5.15. The van der Waals surface area contributed by atoms with E-state index in [0.29, 0.717) is 5.92 Å². The van der Waals surface area contributed by atoms with Gasteiger partial charge >= 0.3 is 0 Å². The van der Waals surface area contributed by atoms with Gasteiger partial charge in [-0.3, -0.25) is 0 Å². The quantitative estimate of drug-likeness (QED) is 0.703. The maximum absolute atomic E-state index is 6.08. The van der Waals surface area contributed by atoms with Crippen molar-refractivity contribution in [3.8, 4) is 0 Å². The SMILES string of the molecule is CC1=Cc2c([nH]c3ccccc23)C2C=CC(C)OC12. The summed E-state index contributed by atoms with van der Waals surface area (Å²) in [7, 11) is 0. The Labute approximate surface area is 112 Å². The summed E-state index contributed by atoms with van der Waals surface area (Å²) in [5.74, 6) is 0.323. The number of fused-ring (bicyclic) bond motifs is 5. The monoisotopic (exact) mass is 251 g/mol. The minimum atomic E-state index is 0.181. The minimum Gasteiger partial charge on any atom is -0.366 e. The molecule has 1 aromatic heterocycles. The van der Waals surface area contributed by atoms with Gasteiger partial charge < -0.3 is 9.72 Å². The lowest BCUT2D eigenvalue weighted by molar-refractivity contribution is 0.0259. The predicted molar refractivity (Wildman–Crippen MR) is 78.2 cm³/mol. The highest BCUT2D eigenvalue weighted by atomic mass is 16.5. The Morgan fingerprint density at radius 1 is 1.16 bits per heavy atom. The zero-order chi connectivity index (χ0) is 13.0. The average Bonchev–Trinajstić information content (AvgIpc) is 2.78. The topological polar surface area (TPSA) is 25.0 Å². The molecule has 4 rings (SSSR count). The van der Waals surface area contributed by atoms with Crippen LogP contribution in [0.5, 0.6) is 0 Å². The largest absolute Gasteiger partial charge is 0.366 e. The third-order valence-corrected chi connectivity index (χ3v) is 4.21. The van der Waals surface area contributed by atoms with Gasteiger partial charge in [0.15, 0.2) is 0 Å². The summed E-state index contributed by atoms with van der Waals surface area (Å²) in [5, 5.41) is 1.31. The highest BCUT2D eigenvalue weighted by Gasteiger charge is 2.34. The molecule has 3 atom stereocenters.